The Morgan fingerprint density at radius 3 is 2.83 bits per heavy atom. The Balaban J connectivity index is 1.41. The molecule has 4 rings (SSSR count). The van der Waals surface area contributed by atoms with E-state index < -0.39 is 0 Å². The number of thiazole rings is 1. The molecule has 7 nitrogen and oxygen atoms in total. The van der Waals surface area contributed by atoms with Crippen molar-refractivity contribution in [3.8, 4) is 11.5 Å². The summed E-state index contributed by atoms with van der Waals surface area (Å²) in [5, 5.41) is 6.38. The smallest absolute Gasteiger partial charge is 0.321 e. The van der Waals surface area contributed by atoms with Gasteiger partial charge in [0.25, 0.3) is 0 Å². The zero-order chi connectivity index (χ0) is 16.5. The van der Waals surface area contributed by atoms with E-state index >= 15 is 0 Å². The number of carbonyl (C=O) groups excluding carboxylic acids is 1. The number of carbonyl (C=O) groups is 1. The van der Waals surface area contributed by atoms with Crippen LogP contribution in [0.1, 0.15) is 19.8 Å². The van der Waals surface area contributed by atoms with Crippen molar-refractivity contribution in [1.29, 1.82) is 0 Å². The summed E-state index contributed by atoms with van der Waals surface area (Å²) in [6, 6.07) is 3.60. The third-order valence-corrected chi connectivity index (χ3v) is 5.37. The number of ether oxygens (including phenoxy) is 3. The molecule has 2 N–H and O–H groups in total. The molecule has 8 heteroatoms. The molecule has 3 heterocycles. The van der Waals surface area contributed by atoms with Gasteiger partial charge in [0.15, 0.2) is 16.6 Å². The van der Waals surface area contributed by atoms with Gasteiger partial charge in [-0.2, -0.15) is 0 Å². The van der Waals surface area contributed by atoms with Crippen LogP contribution in [0.25, 0.3) is 10.2 Å². The molecule has 1 atom stereocenters. The molecule has 2 aliphatic heterocycles. The Morgan fingerprint density at radius 1 is 1.29 bits per heavy atom. The van der Waals surface area contributed by atoms with Gasteiger partial charge in [-0.15, -0.1) is 0 Å². The van der Waals surface area contributed by atoms with E-state index in [1.54, 1.807) is 0 Å². The number of nitrogens with zero attached hydrogens (tertiary/aromatic N) is 1. The Kier molecular flexibility index (Phi) is 4.15. The molecule has 2 aromatic rings. The standard InChI is InChI=1S/C16H19N3O4S/c1-9(10-2-4-21-5-3-10)17-15(20)19-16-18-11-6-12-13(23-8-22-12)7-14(11)24-16/h6-7,9-10H,2-5,8H2,1H3,(H2,17,18,19,20). The number of hydrogen-bond acceptors (Lipinski definition) is 6. The van der Waals surface area contributed by atoms with Gasteiger partial charge in [-0.1, -0.05) is 11.3 Å². The molecule has 1 unspecified atom stereocenters. The maximum absolute atomic E-state index is 12.2. The van der Waals surface area contributed by atoms with Crippen LogP contribution in [0.3, 0.4) is 0 Å². The first kappa shape index (κ1) is 15.5. The zero-order valence-corrected chi connectivity index (χ0v) is 14.1. The Bertz CT molecular complexity index is 716. The minimum atomic E-state index is -0.229. The average Bonchev–Trinajstić information content (AvgIpc) is 3.18. The molecule has 2 aliphatic rings. The van der Waals surface area contributed by atoms with Crippen molar-refractivity contribution in [3.63, 3.8) is 0 Å². The fourth-order valence-corrected chi connectivity index (χ4v) is 3.92. The van der Waals surface area contributed by atoms with Crippen LogP contribution in [0.5, 0.6) is 11.5 Å². The fraction of sp³-hybridized carbons (Fsp3) is 0.500. The van der Waals surface area contributed by atoms with E-state index in [0.29, 0.717) is 16.8 Å². The van der Waals surface area contributed by atoms with Gasteiger partial charge in [0.2, 0.25) is 6.79 Å². The third-order valence-electron chi connectivity index (χ3n) is 4.44. The topological polar surface area (TPSA) is 81.7 Å². The van der Waals surface area contributed by atoms with Crippen LogP contribution in [0.15, 0.2) is 12.1 Å². The van der Waals surface area contributed by atoms with Crippen LogP contribution in [-0.4, -0.2) is 37.1 Å². The quantitative estimate of drug-likeness (QED) is 0.890. The van der Waals surface area contributed by atoms with Gasteiger partial charge < -0.3 is 19.5 Å². The predicted molar refractivity (Wildman–Crippen MR) is 90.9 cm³/mol. The first-order valence-electron chi connectivity index (χ1n) is 8.04. The van der Waals surface area contributed by atoms with Crippen molar-refractivity contribution in [3.05, 3.63) is 12.1 Å². The first-order valence-corrected chi connectivity index (χ1v) is 8.86. The van der Waals surface area contributed by atoms with Crippen molar-refractivity contribution in [2.24, 2.45) is 5.92 Å². The average molecular weight is 349 g/mol. The summed E-state index contributed by atoms with van der Waals surface area (Å²) in [5.74, 6) is 1.87. The lowest BCUT2D eigenvalue weighted by Gasteiger charge is -2.28. The number of anilines is 1. The van der Waals surface area contributed by atoms with Crippen molar-refractivity contribution < 1.29 is 19.0 Å². The summed E-state index contributed by atoms with van der Waals surface area (Å²) < 4.78 is 17.0. The van der Waals surface area contributed by atoms with E-state index in [9.17, 15) is 4.79 Å². The number of hydrogen-bond donors (Lipinski definition) is 2. The SMILES string of the molecule is CC(NC(=O)Nc1nc2cc3c(cc2s1)OCO3)C1CCOCC1. The molecule has 0 radical (unpaired) electrons. The van der Waals surface area contributed by atoms with E-state index in [1.165, 1.54) is 11.3 Å². The third kappa shape index (κ3) is 3.11. The number of nitrogens with one attached hydrogen (secondary N) is 2. The van der Waals surface area contributed by atoms with Crippen molar-refractivity contribution in [2.75, 3.05) is 25.3 Å². The van der Waals surface area contributed by atoms with Crippen molar-refractivity contribution in [2.45, 2.75) is 25.8 Å². The lowest BCUT2D eigenvalue weighted by atomic mass is 9.93. The predicted octanol–water partition coefficient (Wildman–Crippen LogP) is 2.96. The van der Waals surface area contributed by atoms with E-state index in [2.05, 4.69) is 15.6 Å². The van der Waals surface area contributed by atoms with Gasteiger partial charge in [-0.25, -0.2) is 9.78 Å². The molecule has 128 valence electrons. The summed E-state index contributed by atoms with van der Waals surface area (Å²) in [5.41, 5.74) is 0.789. The molecule has 1 fully saturated rings. The second kappa shape index (κ2) is 6.45. The second-order valence-corrected chi connectivity index (χ2v) is 7.06. The van der Waals surface area contributed by atoms with Crippen molar-refractivity contribution >= 4 is 32.7 Å². The molecular weight excluding hydrogens is 330 g/mol. The highest BCUT2D eigenvalue weighted by molar-refractivity contribution is 7.22. The molecule has 1 aromatic heterocycles. The van der Waals surface area contributed by atoms with E-state index in [0.717, 1.165) is 42.0 Å². The van der Waals surface area contributed by atoms with Crippen LogP contribution < -0.4 is 20.1 Å². The molecule has 0 saturated carbocycles. The zero-order valence-electron chi connectivity index (χ0n) is 13.3. The summed E-state index contributed by atoms with van der Waals surface area (Å²) >= 11 is 1.42. The van der Waals surface area contributed by atoms with E-state index in [1.807, 2.05) is 19.1 Å². The van der Waals surface area contributed by atoms with Gasteiger partial charge >= 0.3 is 6.03 Å². The second-order valence-electron chi connectivity index (χ2n) is 6.03. The number of fused-ring (bicyclic) bond motifs is 2. The first-order chi connectivity index (χ1) is 11.7. The minimum absolute atomic E-state index is 0.105. The molecule has 1 aromatic carbocycles. The molecule has 1 saturated heterocycles. The Labute approximate surface area is 143 Å². The highest BCUT2D eigenvalue weighted by atomic mass is 32.1. The van der Waals surface area contributed by atoms with Crippen molar-refractivity contribution in [1.82, 2.24) is 10.3 Å². The number of rotatable bonds is 3. The van der Waals surface area contributed by atoms with Crippen LogP contribution in [0, 0.1) is 5.92 Å². The van der Waals surface area contributed by atoms with E-state index in [4.69, 9.17) is 14.2 Å². The molecule has 2 amide bonds. The summed E-state index contributed by atoms with van der Waals surface area (Å²) in [4.78, 5) is 16.6. The lowest BCUT2D eigenvalue weighted by molar-refractivity contribution is 0.0573. The number of urea groups is 1. The minimum Gasteiger partial charge on any atom is -0.454 e. The molecule has 0 spiro atoms. The lowest BCUT2D eigenvalue weighted by Crippen LogP contribution is -2.42. The summed E-state index contributed by atoms with van der Waals surface area (Å²) in [6.45, 7) is 3.81. The number of aromatic nitrogens is 1. The van der Waals surface area contributed by atoms with Crippen LogP contribution in [-0.2, 0) is 4.74 Å². The monoisotopic (exact) mass is 349 g/mol. The van der Waals surface area contributed by atoms with E-state index in [-0.39, 0.29) is 18.9 Å². The molecule has 0 aliphatic carbocycles. The highest BCUT2D eigenvalue weighted by Crippen LogP contribution is 2.38. The summed E-state index contributed by atoms with van der Waals surface area (Å²) in [6.07, 6.45) is 1.96. The van der Waals surface area contributed by atoms with Gasteiger partial charge in [-0.3, -0.25) is 5.32 Å². The normalized spacial score (nSPS) is 18.5. The Hall–Kier alpha value is -2.06. The molecular formula is C16H19N3O4S. The maximum atomic E-state index is 12.2. The van der Waals surface area contributed by atoms with Crippen LogP contribution in [0.2, 0.25) is 0 Å². The van der Waals surface area contributed by atoms with Gasteiger partial charge in [0.1, 0.15) is 0 Å². The van der Waals surface area contributed by atoms with Gasteiger partial charge in [0.05, 0.1) is 10.2 Å². The van der Waals surface area contributed by atoms with Gasteiger partial charge in [-0.05, 0) is 25.7 Å². The van der Waals surface area contributed by atoms with Gasteiger partial charge in [0, 0.05) is 31.4 Å². The number of benzene rings is 1. The van der Waals surface area contributed by atoms with Crippen LogP contribution in [0.4, 0.5) is 9.93 Å². The molecule has 0 bridgehead atoms. The fourth-order valence-electron chi connectivity index (χ4n) is 3.05. The highest BCUT2D eigenvalue weighted by Gasteiger charge is 2.22. The van der Waals surface area contributed by atoms with Crippen LogP contribution >= 0.6 is 11.3 Å². The number of amides is 2. The largest absolute Gasteiger partial charge is 0.454 e. The summed E-state index contributed by atoms with van der Waals surface area (Å²) in [7, 11) is 0. The maximum Gasteiger partial charge on any atom is 0.321 e. The molecule has 24 heavy (non-hydrogen) atoms. The Morgan fingerprint density at radius 2 is 2.04 bits per heavy atom.